The molecule has 0 saturated carbocycles. The molecule has 1 fully saturated rings. The van der Waals surface area contributed by atoms with Gasteiger partial charge in [0.05, 0.1) is 14.2 Å². The highest BCUT2D eigenvalue weighted by Gasteiger charge is 2.21. The Morgan fingerprint density at radius 2 is 1.53 bits per heavy atom. The summed E-state index contributed by atoms with van der Waals surface area (Å²) in [4.78, 5) is 2.53. The number of methoxy groups -OCH3 is 2. The molecule has 0 N–H and O–H groups in total. The van der Waals surface area contributed by atoms with Crippen molar-refractivity contribution in [2.24, 2.45) is 11.8 Å². The van der Waals surface area contributed by atoms with Crippen LogP contribution in [-0.2, 0) is 6.54 Å². The number of ether oxygens (including phenoxy) is 2. The number of hydrogen-bond donors (Lipinski definition) is 0. The number of rotatable bonds is 4. The molecule has 1 aromatic carbocycles. The highest BCUT2D eigenvalue weighted by molar-refractivity contribution is 5.38. The second-order valence-electron chi connectivity index (χ2n) is 5.86. The van der Waals surface area contributed by atoms with Crippen LogP contribution in [0.2, 0.25) is 0 Å². The number of hydrogen-bond acceptors (Lipinski definition) is 3. The molecule has 1 aliphatic heterocycles. The van der Waals surface area contributed by atoms with Gasteiger partial charge in [-0.1, -0.05) is 13.8 Å². The van der Waals surface area contributed by atoms with Crippen LogP contribution in [0.25, 0.3) is 0 Å². The van der Waals surface area contributed by atoms with E-state index in [-0.39, 0.29) is 0 Å². The highest BCUT2D eigenvalue weighted by Crippen LogP contribution is 2.26. The minimum atomic E-state index is 0.788. The first kappa shape index (κ1) is 14.2. The van der Waals surface area contributed by atoms with E-state index in [1.807, 2.05) is 6.07 Å². The average molecular weight is 263 g/mol. The van der Waals surface area contributed by atoms with Gasteiger partial charge in [-0.05, 0) is 36.0 Å². The zero-order valence-electron chi connectivity index (χ0n) is 12.5. The quantitative estimate of drug-likeness (QED) is 0.833. The fourth-order valence-corrected chi connectivity index (χ4v) is 3.14. The molecule has 0 bridgehead atoms. The Kier molecular flexibility index (Phi) is 4.70. The smallest absolute Gasteiger partial charge is 0.122 e. The van der Waals surface area contributed by atoms with Gasteiger partial charge in [-0.25, -0.2) is 0 Å². The molecule has 2 atom stereocenters. The lowest BCUT2D eigenvalue weighted by Gasteiger charge is -2.35. The van der Waals surface area contributed by atoms with Crippen LogP contribution in [0.1, 0.15) is 25.8 Å². The number of piperidine rings is 1. The van der Waals surface area contributed by atoms with Gasteiger partial charge in [-0.2, -0.15) is 0 Å². The van der Waals surface area contributed by atoms with Crippen molar-refractivity contribution in [3.63, 3.8) is 0 Å². The minimum Gasteiger partial charge on any atom is -0.497 e. The molecule has 2 unspecified atom stereocenters. The third kappa shape index (κ3) is 3.87. The maximum Gasteiger partial charge on any atom is 0.122 e. The molecule has 1 aromatic rings. The van der Waals surface area contributed by atoms with E-state index in [1.165, 1.54) is 25.1 Å². The van der Waals surface area contributed by atoms with Crippen LogP contribution in [0.5, 0.6) is 11.5 Å². The third-order valence-electron chi connectivity index (χ3n) is 3.76. The lowest BCUT2D eigenvalue weighted by Crippen LogP contribution is -2.38. The fourth-order valence-electron chi connectivity index (χ4n) is 3.14. The van der Waals surface area contributed by atoms with Gasteiger partial charge in [0.1, 0.15) is 11.5 Å². The van der Waals surface area contributed by atoms with Crippen molar-refractivity contribution in [2.45, 2.75) is 26.8 Å². The molecule has 1 aliphatic rings. The van der Waals surface area contributed by atoms with Gasteiger partial charge in [-0.15, -0.1) is 0 Å². The van der Waals surface area contributed by atoms with Crippen molar-refractivity contribution in [1.29, 1.82) is 0 Å². The fraction of sp³-hybridized carbons (Fsp3) is 0.625. The molecule has 1 heterocycles. The van der Waals surface area contributed by atoms with E-state index in [9.17, 15) is 0 Å². The lowest BCUT2D eigenvalue weighted by atomic mass is 9.91. The molecule has 19 heavy (non-hydrogen) atoms. The van der Waals surface area contributed by atoms with Gasteiger partial charge in [0, 0.05) is 25.7 Å². The Bertz CT molecular complexity index is 387. The van der Waals surface area contributed by atoms with Crippen LogP contribution in [0.15, 0.2) is 18.2 Å². The monoisotopic (exact) mass is 263 g/mol. The molecule has 0 amide bonds. The van der Waals surface area contributed by atoms with Gasteiger partial charge >= 0.3 is 0 Å². The molecule has 0 radical (unpaired) electrons. The lowest BCUT2D eigenvalue weighted by molar-refractivity contribution is 0.134. The second kappa shape index (κ2) is 6.29. The summed E-state index contributed by atoms with van der Waals surface area (Å²) in [6, 6.07) is 6.13. The predicted octanol–water partition coefficient (Wildman–Crippen LogP) is 3.18. The van der Waals surface area contributed by atoms with E-state index in [4.69, 9.17) is 9.47 Å². The van der Waals surface area contributed by atoms with E-state index >= 15 is 0 Å². The molecule has 0 spiro atoms. The maximum absolute atomic E-state index is 5.33. The maximum atomic E-state index is 5.33. The SMILES string of the molecule is COc1cc(CN2CC(C)CC(C)C2)cc(OC)c1. The first-order chi connectivity index (χ1) is 9.10. The Morgan fingerprint density at radius 1 is 1.00 bits per heavy atom. The number of benzene rings is 1. The van der Waals surface area contributed by atoms with Crippen LogP contribution in [0.4, 0.5) is 0 Å². The summed E-state index contributed by atoms with van der Waals surface area (Å²) >= 11 is 0. The summed E-state index contributed by atoms with van der Waals surface area (Å²) in [7, 11) is 3.40. The van der Waals surface area contributed by atoms with Gasteiger partial charge in [-0.3, -0.25) is 4.90 Å². The number of likely N-dealkylation sites (tertiary alicyclic amines) is 1. The Morgan fingerprint density at radius 3 is 2.00 bits per heavy atom. The van der Waals surface area contributed by atoms with Crippen LogP contribution in [0.3, 0.4) is 0 Å². The zero-order valence-corrected chi connectivity index (χ0v) is 12.5. The van der Waals surface area contributed by atoms with E-state index in [0.717, 1.165) is 29.9 Å². The summed E-state index contributed by atoms with van der Waals surface area (Å²) in [5.41, 5.74) is 1.26. The topological polar surface area (TPSA) is 21.7 Å². The molecule has 106 valence electrons. The van der Waals surface area contributed by atoms with Crippen molar-refractivity contribution in [2.75, 3.05) is 27.3 Å². The molecular formula is C16H25NO2. The van der Waals surface area contributed by atoms with Crippen LogP contribution < -0.4 is 9.47 Å². The Balaban J connectivity index is 2.09. The highest BCUT2D eigenvalue weighted by atomic mass is 16.5. The van der Waals surface area contributed by atoms with Gasteiger partial charge in [0.2, 0.25) is 0 Å². The molecule has 3 nitrogen and oxygen atoms in total. The average Bonchev–Trinajstić information content (AvgIpc) is 2.37. The van der Waals surface area contributed by atoms with Crippen molar-refractivity contribution in [3.8, 4) is 11.5 Å². The summed E-state index contributed by atoms with van der Waals surface area (Å²) in [5, 5.41) is 0. The Hall–Kier alpha value is -1.22. The first-order valence-electron chi connectivity index (χ1n) is 7.05. The third-order valence-corrected chi connectivity index (χ3v) is 3.76. The van der Waals surface area contributed by atoms with Gasteiger partial charge in [0.25, 0.3) is 0 Å². The van der Waals surface area contributed by atoms with Gasteiger partial charge < -0.3 is 9.47 Å². The summed E-state index contributed by atoms with van der Waals surface area (Å²) < 4.78 is 10.7. The summed E-state index contributed by atoms with van der Waals surface area (Å²) in [6.07, 6.45) is 1.35. The van der Waals surface area contributed by atoms with Crippen molar-refractivity contribution in [3.05, 3.63) is 23.8 Å². The van der Waals surface area contributed by atoms with E-state index in [1.54, 1.807) is 14.2 Å². The zero-order chi connectivity index (χ0) is 13.8. The van der Waals surface area contributed by atoms with Crippen LogP contribution >= 0.6 is 0 Å². The van der Waals surface area contributed by atoms with E-state index in [0.29, 0.717) is 0 Å². The molecule has 2 rings (SSSR count). The predicted molar refractivity (Wildman–Crippen MR) is 77.8 cm³/mol. The second-order valence-corrected chi connectivity index (χ2v) is 5.86. The molecule has 0 aliphatic carbocycles. The van der Waals surface area contributed by atoms with Crippen molar-refractivity contribution in [1.82, 2.24) is 4.90 Å². The molecular weight excluding hydrogens is 238 g/mol. The molecule has 3 heteroatoms. The molecule has 1 saturated heterocycles. The van der Waals surface area contributed by atoms with Gasteiger partial charge in [0.15, 0.2) is 0 Å². The first-order valence-corrected chi connectivity index (χ1v) is 7.05. The summed E-state index contributed by atoms with van der Waals surface area (Å²) in [6.45, 7) is 8.03. The van der Waals surface area contributed by atoms with Crippen molar-refractivity contribution < 1.29 is 9.47 Å². The summed E-state index contributed by atoms with van der Waals surface area (Å²) in [5.74, 6) is 3.31. The van der Waals surface area contributed by atoms with E-state index in [2.05, 4.69) is 30.9 Å². The largest absolute Gasteiger partial charge is 0.497 e. The number of nitrogens with zero attached hydrogens (tertiary/aromatic N) is 1. The normalized spacial score (nSPS) is 24.2. The van der Waals surface area contributed by atoms with Crippen LogP contribution in [0, 0.1) is 11.8 Å². The minimum absolute atomic E-state index is 0.788. The Labute approximate surface area is 116 Å². The van der Waals surface area contributed by atoms with Crippen LogP contribution in [-0.4, -0.2) is 32.2 Å². The standard InChI is InChI=1S/C16H25NO2/c1-12-5-13(2)10-17(9-12)11-14-6-15(18-3)8-16(7-14)19-4/h6-8,12-13H,5,9-11H2,1-4H3. The van der Waals surface area contributed by atoms with E-state index < -0.39 is 0 Å². The van der Waals surface area contributed by atoms with Crippen molar-refractivity contribution >= 4 is 0 Å². The molecule has 0 aromatic heterocycles.